The Labute approximate surface area is 575 Å². The molecule has 0 aliphatic carbocycles. The van der Waals surface area contributed by atoms with Crippen molar-refractivity contribution in [3.05, 3.63) is 0 Å². The minimum absolute atomic E-state index is 0.106. The second-order valence-electron chi connectivity index (χ2n) is 28.5. The molecule has 94 heavy (non-hydrogen) atoms. The summed E-state index contributed by atoms with van der Waals surface area (Å²) in [5, 5.41) is 10.6. The van der Waals surface area contributed by atoms with E-state index in [-0.39, 0.29) is 25.7 Å². The van der Waals surface area contributed by atoms with Crippen LogP contribution in [0.3, 0.4) is 0 Å². The van der Waals surface area contributed by atoms with Crippen LogP contribution in [0, 0.1) is 17.8 Å². The molecule has 0 saturated heterocycles. The Bertz CT molecular complexity index is 1840. The number of ether oxygens (including phenoxy) is 4. The second-order valence-corrected chi connectivity index (χ2v) is 31.4. The normalized spacial score (nSPS) is 14.1. The van der Waals surface area contributed by atoms with Gasteiger partial charge in [0.25, 0.3) is 0 Å². The lowest BCUT2D eigenvalue weighted by Gasteiger charge is -2.21. The maximum absolute atomic E-state index is 13.1. The van der Waals surface area contributed by atoms with Gasteiger partial charge in [0.1, 0.15) is 19.3 Å². The summed E-state index contributed by atoms with van der Waals surface area (Å²) in [5.41, 5.74) is 0. The van der Waals surface area contributed by atoms with E-state index in [0.717, 1.165) is 108 Å². The number of carbonyl (C=O) groups excluding carboxylic acids is 4. The summed E-state index contributed by atoms with van der Waals surface area (Å²) in [7, 11) is -9.91. The molecule has 0 spiro atoms. The van der Waals surface area contributed by atoms with Gasteiger partial charge in [0.15, 0.2) is 12.2 Å². The molecule has 0 aromatic rings. The zero-order chi connectivity index (χ0) is 69.4. The van der Waals surface area contributed by atoms with Crippen LogP contribution in [0.2, 0.25) is 0 Å². The van der Waals surface area contributed by atoms with Gasteiger partial charge >= 0.3 is 39.5 Å². The van der Waals surface area contributed by atoms with Crippen LogP contribution in [0.5, 0.6) is 0 Å². The van der Waals surface area contributed by atoms with Crippen molar-refractivity contribution in [1.29, 1.82) is 0 Å². The summed E-state index contributed by atoms with van der Waals surface area (Å²) >= 11 is 0. The lowest BCUT2D eigenvalue weighted by Crippen LogP contribution is -2.30. The van der Waals surface area contributed by atoms with E-state index in [4.69, 9.17) is 37.0 Å². The molecule has 0 saturated carbocycles. The van der Waals surface area contributed by atoms with Gasteiger partial charge in [0, 0.05) is 25.7 Å². The number of hydrogen-bond acceptors (Lipinski definition) is 15. The third-order valence-electron chi connectivity index (χ3n) is 17.4. The second kappa shape index (κ2) is 65.7. The maximum Gasteiger partial charge on any atom is 0.472 e. The molecular weight excluding hydrogens is 1230 g/mol. The van der Waals surface area contributed by atoms with E-state index in [1.807, 2.05) is 0 Å². The third-order valence-corrected chi connectivity index (χ3v) is 19.3. The molecule has 17 nitrogen and oxygen atoms in total. The van der Waals surface area contributed by atoms with Crippen LogP contribution in [0.25, 0.3) is 0 Å². The first-order valence-electron chi connectivity index (χ1n) is 38.8. The van der Waals surface area contributed by atoms with Crippen molar-refractivity contribution in [2.24, 2.45) is 17.8 Å². The molecule has 0 aromatic carbocycles. The predicted octanol–water partition coefficient (Wildman–Crippen LogP) is 21.8. The average Bonchev–Trinajstić information content (AvgIpc) is 3.08. The summed E-state index contributed by atoms with van der Waals surface area (Å²) < 4.78 is 68.5. The molecule has 0 rings (SSSR count). The van der Waals surface area contributed by atoms with Crippen LogP contribution in [0.1, 0.15) is 382 Å². The van der Waals surface area contributed by atoms with Crippen LogP contribution in [0.15, 0.2) is 0 Å². The Hall–Kier alpha value is -1.94. The van der Waals surface area contributed by atoms with Crippen molar-refractivity contribution in [2.75, 3.05) is 39.6 Å². The van der Waals surface area contributed by atoms with Gasteiger partial charge < -0.3 is 33.8 Å². The maximum atomic E-state index is 13.1. The first-order chi connectivity index (χ1) is 45.2. The molecule has 0 bridgehead atoms. The number of phosphoric acid groups is 2. The molecule has 19 heteroatoms. The number of aliphatic hydroxyl groups is 1. The molecule has 5 atom stereocenters. The lowest BCUT2D eigenvalue weighted by molar-refractivity contribution is -0.161. The average molecular weight is 1380 g/mol. The fourth-order valence-electron chi connectivity index (χ4n) is 11.4. The minimum Gasteiger partial charge on any atom is -0.462 e. The van der Waals surface area contributed by atoms with Crippen LogP contribution in [-0.2, 0) is 65.4 Å². The lowest BCUT2D eigenvalue weighted by atomic mass is 10.0. The quantitative estimate of drug-likeness (QED) is 0.0222. The van der Waals surface area contributed by atoms with Crippen LogP contribution < -0.4 is 0 Å². The van der Waals surface area contributed by atoms with Crippen LogP contribution in [-0.4, -0.2) is 96.7 Å². The highest BCUT2D eigenvalue weighted by molar-refractivity contribution is 7.47. The summed E-state index contributed by atoms with van der Waals surface area (Å²) in [5.74, 6) is 0.210. The SMILES string of the molecule is CCCCCCCCCCCC(=O)OC[C@H](COP(=O)(O)OC[C@H](O)COP(=O)(O)OC[C@@H](COC(=O)CCCCCCCCCCCCCCCC(C)C)OC(=O)CCCCCCCCCCCCCCCC(C)C)OC(=O)CCCCCCCCCCCCC(C)C. The fraction of sp³-hybridized carbons (Fsp3) is 0.947. The fourth-order valence-corrected chi connectivity index (χ4v) is 13.0. The molecule has 558 valence electrons. The van der Waals surface area contributed by atoms with E-state index < -0.39 is 97.5 Å². The van der Waals surface area contributed by atoms with E-state index in [0.29, 0.717) is 25.7 Å². The zero-order valence-electron chi connectivity index (χ0n) is 61.4. The standard InChI is InChI=1S/C75H146O17P2/c1-8-9-10-11-12-25-35-42-49-56-72(77)85-62-70(92-75(80)59-52-45-38-31-24-23-28-34-41-48-55-68(6)7)64-89-93(81,82)87-60-69(76)61-88-94(83,84)90-65-71(91-74(79)58-51-44-37-30-22-18-14-16-20-27-33-40-47-54-67(4)5)63-86-73(78)57-50-43-36-29-21-17-13-15-19-26-32-39-46-53-66(2)3/h66-71,76H,8-65H2,1-7H3,(H,81,82)(H,83,84)/t69-,70+,71+/m0/s1. The van der Waals surface area contributed by atoms with Crippen molar-refractivity contribution in [1.82, 2.24) is 0 Å². The topological polar surface area (TPSA) is 237 Å². The van der Waals surface area contributed by atoms with E-state index >= 15 is 0 Å². The molecule has 0 aliphatic rings. The van der Waals surface area contributed by atoms with Gasteiger partial charge in [0.2, 0.25) is 0 Å². The highest BCUT2D eigenvalue weighted by Gasteiger charge is 2.30. The summed E-state index contributed by atoms with van der Waals surface area (Å²) in [6, 6.07) is 0. The summed E-state index contributed by atoms with van der Waals surface area (Å²) in [4.78, 5) is 72.7. The number of hydrogen-bond donors (Lipinski definition) is 3. The molecule has 0 heterocycles. The number of aliphatic hydroxyl groups excluding tert-OH is 1. The van der Waals surface area contributed by atoms with Crippen LogP contribution >= 0.6 is 15.6 Å². The first kappa shape index (κ1) is 92.1. The van der Waals surface area contributed by atoms with Gasteiger partial charge in [-0.2, -0.15) is 0 Å². The molecule has 2 unspecified atom stereocenters. The van der Waals surface area contributed by atoms with Crippen molar-refractivity contribution >= 4 is 39.5 Å². The largest absolute Gasteiger partial charge is 0.472 e. The first-order valence-corrected chi connectivity index (χ1v) is 41.8. The van der Waals surface area contributed by atoms with Crippen molar-refractivity contribution in [2.45, 2.75) is 401 Å². The van der Waals surface area contributed by atoms with E-state index in [1.165, 1.54) is 193 Å². The number of phosphoric ester groups is 2. The van der Waals surface area contributed by atoms with Crippen molar-refractivity contribution < 1.29 is 80.2 Å². The molecule has 0 radical (unpaired) electrons. The highest BCUT2D eigenvalue weighted by atomic mass is 31.2. The van der Waals surface area contributed by atoms with Crippen molar-refractivity contribution in [3.8, 4) is 0 Å². The Kier molecular flexibility index (Phi) is 64.3. The predicted molar refractivity (Wildman–Crippen MR) is 381 cm³/mol. The Morgan fingerprint density at radius 2 is 0.489 bits per heavy atom. The summed E-state index contributed by atoms with van der Waals surface area (Å²) in [6.07, 6.45) is 51.3. The van der Waals surface area contributed by atoms with E-state index in [1.54, 1.807) is 0 Å². The van der Waals surface area contributed by atoms with Gasteiger partial charge in [-0.1, -0.05) is 331 Å². The van der Waals surface area contributed by atoms with Gasteiger partial charge in [-0.3, -0.25) is 37.3 Å². The van der Waals surface area contributed by atoms with E-state index in [2.05, 4.69) is 48.5 Å². The van der Waals surface area contributed by atoms with Crippen molar-refractivity contribution in [3.63, 3.8) is 0 Å². The van der Waals surface area contributed by atoms with Crippen LogP contribution in [0.4, 0.5) is 0 Å². The molecule has 0 fully saturated rings. The van der Waals surface area contributed by atoms with Gasteiger partial charge in [0.05, 0.1) is 26.4 Å². The highest BCUT2D eigenvalue weighted by Crippen LogP contribution is 2.45. The van der Waals surface area contributed by atoms with Gasteiger partial charge in [-0.05, 0) is 43.4 Å². The summed E-state index contributed by atoms with van der Waals surface area (Å²) in [6.45, 7) is 11.9. The Balaban J connectivity index is 5.24. The molecule has 0 aromatic heterocycles. The van der Waals surface area contributed by atoms with Gasteiger partial charge in [-0.15, -0.1) is 0 Å². The minimum atomic E-state index is -4.96. The monoisotopic (exact) mass is 1380 g/mol. The molecule has 0 aliphatic heterocycles. The number of unbranched alkanes of at least 4 members (excludes halogenated alkanes) is 41. The number of esters is 4. The number of rotatable bonds is 73. The van der Waals surface area contributed by atoms with Gasteiger partial charge in [-0.25, -0.2) is 9.13 Å². The Morgan fingerprint density at radius 1 is 0.287 bits per heavy atom. The molecule has 0 amide bonds. The molecular formula is C75H146O17P2. The molecule has 3 N–H and O–H groups in total. The van der Waals surface area contributed by atoms with E-state index in [9.17, 15) is 43.2 Å². The Morgan fingerprint density at radius 3 is 0.723 bits per heavy atom. The number of carbonyl (C=O) groups is 4. The third kappa shape index (κ3) is 68.6. The smallest absolute Gasteiger partial charge is 0.462 e. The zero-order valence-corrected chi connectivity index (χ0v) is 63.2.